The summed E-state index contributed by atoms with van der Waals surface area (Å²) in [6.07, 6.45) is 5.13. The average Bonchev–Trinajstić information content (AvgIpc) is 2.91. The molecule has 0 unspecified atom stereocenters. The smallest absolute Gasteiger partial charge is 0.191 e. The number of aliphatic imine (C=N–C) groups is 1. The number of nitrogens with zero attached hydrogens (tertiary/aromatic N) is 2. The van der Waals surface area contributed by atoms with Crippen LogP contribution in [0.1, 0.15) is 18.1 Å². The van der Waals surface area contributed by atoms with Gasteiger partial charge in [0, 0.05) is 32.5 Å². The van der Waals surface area contributed by atoms with Crippen molar-refractivity contribution < 1.29 is 0 Å². The summed E-state index contributed by atoms with van der Waals surface area (Å²) in [6.45, 7) is 4.52. The van der Waals surface area contributed by atoms with E-state index in [9.17, 15) is 0 Å². The van der Waals surface area contributed by atoms with Crippen LogP contribution in [0.5, 0.6) is 0 Å². The van der Waals surface area contributed by atoms with E-state index < -0.39 is 0 Å². The van der Waals surface area contributed by atoms with Crippen molar-refractivity contribution in [2.24, 2.45) is 12.0 Å². The highest BCUT2D eigenvalue weighted by Gasteiger charge is 1.99. The van der Waals surface area contributed by atoms with Crippen LogP contribution in [0, 0.1) is 0 Å². The molecule has 0 saturated carbocycles. The number of halogens is 1. The fourth-order valence-electron chi connectivity index (χ4n) is 2.14. The Labute approximate surface area is 150 Å². The second kappa shape index (κ2) is 10.3. The second-order valence-corrected chi connectivity index (χ2v) is 5.04. The molecule has 0 amide bonds. The van der Waals surface area contributed by atoms with Gasteiger partial charge in [-0.25, -0.2) is 4.99 Å². The van der Waals surface area contributed by atoms with E-state index in [2.05, 4.69) is 59.1 Å². The average molecular weight is 412 g/mol. The second-order valence-electron chi connectivity index (χ2n) is 5.04. The lowest BCUT2D eigenvalue weighted by Crippen LogP contribution is -2.38. The molecule has 0 atom stereocenters. The highest BCUT2D eigenvalue weighted by molar-refractivity contribution is 14.0. The number of benzene rings is 1. The Morgan fingerprint density at radius 1 is 1.09 bits per heavy atom. The lowest BCUT2D eigenvalue weighted by molar-refractivity contribution is 0.799. The van der Waals surface area contributed by atoms with Crippen LogP contribution in [-0.2, 0) is 20.0 Å². The summed E-state index contributed by atoms with van der Waals surface area (Å²) in [6, 6.07) is 12.6. The molecule has 1 aromatic carbocycles. The third kappa shape index (κ3) is 6.51. The van der Waals surface area contributed by atoms with Crippen molar-refractivity contribution >= 4 is 29.9 Å². The number of aryl methyl sites for hydroxylation is 1. The molecule has 1 aromatic heterocycles. The zero-order valence-electron chi connectivity index (χ0n) is 13.2. The quantitative estimate of drug-likeness (QED) is 0.435. The SMILES string of the molecule is CCNC(=NCc1ccn(C)c1)NCCc1ccccc1.I. The summed E-state index contributed by atoms with van der Waals surface area (Å²) in [5, 5.41) is 6.66. The predicted octanol–water partition coefficient (Wildman–Crippen LogP) is 2.94. The highest BCUT2D eigenvalue weighted by Crippen LogP contribution is 2.01. The zero-order chi connectivity index (χ0) is 14.9. The molecule has 2 N–H and O–H groups in total. The van der Waals surface area contributed by atoms with Gasteiger partial charge in [-0.1, -0.05) is 30.3 Å². The van der Waals surface area contributed by atoms with E-state index in [1.54, 1.807) is 0 Å². The molecule has 0 aliphatic carbocycles. The molecule has 0 fully saturated rings. The summed E-state index contributed by atoms with van der Waals surface area (Å²) < 4.78 is 2.04. The molecule has 0 spiro atoms. The van der Waals surface area contributed by atoms with Crippen molar-refractivity contribution in [3.8, 4) is 0 Å². The minimum absolute atomic E-state index is 0. The van der Waals surface area contributed by atoms with E-state index in [1.807, 2.05) is 23.9 Å². The topological polar surface area (TPSA) is 41.4 Å². The van der Waals surface area contributed by atoms with Crippen molar-refractivity contribution in [3.05, 3.63) is 59.9 Å². The maximum atomic E-state index is 4.61. The third-order valence-electron chi connectivity index (χ3n) is 3.21. The Balaban J connectivity index is 0.00000242. The maximum absolute atomic E-state index is 4.61. The summed E-state index contributed by atoms with van der Waals surface area (Å²) >= 11 is 0. The van der Waals surface area contributed by atoms with Gasteiger partial charge in [-0.15, -0.1) is 24.0 Å². The molecule has 22 heavy (non-hydrogen) atoms. The Bertz CT molecular complexity index is 563. The highest BCUT2D eigenvalue weighted by atomic mass is 127. The van der Waals surface area contributed by atoms with Gasteiger partial charge >= 0.3 is 0 Å². The number of hydrogen-bond acceptors (Lipinski definition) is 1. The molecule has 0 saturated heterocycles. The Kier molecular flexibility index (Phi) is 8.65. The van der Waals surface area contributed by atoms with Gasteiger partial charge in [0.2, 0.25) is 0 Å². The van der Waals surface area contributed by atoms with Crippen LogP contribution in [0.25, 0.3) is 0 Å². The number of nitrogens with one attached hydrogen (secondary N) is 2. The van der Waals surface area contributed by atoms with Crippen molar-refractivity contribution in [3.63, 3.8) is 0 Å². The van der Waals surface area contributed by atoms with Crippen LogP contribution >= 0.6 is 24.0 Å². The van der Waals surface area contributed by atoms with Crippen LogP contribution in [-0.4, -0.2) is 23.6 Å². The van der Waals surface area contributed by atoms with Crippen LogP contribution in [0.4, 0.5) is 0 Å². The van der Waals surface area contributed by atoms with Gasteiger partial charge in [-0.2, -0.15) is 0 Å². The van der Waals surface area contributed by atoms with Gasteiger partial charge in [-0.05, 0) is 30.5 Å². The molecular formula is C17H25IN4. The van der Waals surface area contributed by atoms with Crippen LogP contribution < -0.4 is 10.6 Å². The van der Waals surface area contributed by atoms with E-state index in [4.69, 9.17) is 0 Å². The molecule has 2 aromatic rings. The first-order valence-electron chi connectivity index (χ1n) is 7.45. The van der Waals surface area contributed by atoms with E-state index in [-0.39, 0.29) is 24.0 Å². The van der Waals surface area contributed by atoms with Gasteiger partial charge in [0.05, 0.1) is 6.54 Å². The first-order chi connectivity index (χ1) is 10.3. The summed E-state index contributed by atoms with van der Waals surface area (Å²) in [4.78, 5) is 4.61. The number of guanidine groups is 1. The lowest BCUT2D eigenvalue weighted by Gasteiger charge is -2.11. The largest absolute Gasteiger partial charge is 0.357 e. The summed E-state index contributed by atoms with van der Waals surface area (Å²) in [7, 11) is 2.02. The van der Waals surface area contributed by atoms with Crippen LogP contribution in [0.2, 0.25) is 0 Å². The van der Waals surface area contributed by atoms with E-state index in [0.29, 0.717) is 6.54 Å². The Hall–Kier alpha value is -1.50. The fraction of sp³-hybridized carbons (Fsp3) is 0.353. The van der Waals surface area contributed by atoms with Crippen LogP contribution in [0.15, 0.2) is 53.8 Å². The van der Waals surface area contributed by atoms with Crippen molar-refractivity contribution in [2.75, 3.05) is 13.1 Å². The number of rotatable bonds is 6. The van der Waals surface area contributed by atoms with Crippen LogP contribution in [0.3, 0.4) is 0 Å². The minimum atomic E-state index is 0. The van der Waals surface area contributed by atoms with E-state index in [1.165, 1.54) is 11.1 Å². The third-order valence-corrected chi connectivity index (χ3v) is 3.21. The number of aromatic nitrogens is 1. The molecule has 0 radical (unpaired) electrons. The monoisotopic (exact) mass is 412 g/mol. The molecule has 5 heteroatoms. The molecule has 1 heterocycles. The van der Waals surface area contributed by atoms with Gasteiger partial charge in [0.25, 0.3) is 0 Å². The molecule has 120 valence electrons. The molecule has 0 aliphatic heterocycles. The molecule has 0 aliphatic rings. The zero-order valence-corrected chi connectivity index (χ0v) is 15.6. The molecule has 2 rings (SSSR count). The Morgan fingerprint density at radius 3 is 2.50 bits per heavy atom. The summed E-state index contributed by atoms with van der Waals surface area (Å²) in [5.41, 5.74) is 2.56. The fourth-order valence-corrected chi connectivity index (χ4v) is 2.14. The van der Waals surface area contributed by atoms with Crippen molar-refractivity contribution in [1.29, 1.82) is 0 Å². The van der Waals surface area contributed by atoms with Gasteiger partial charge < -0.3 is 15.2 Å². The first kappa shape index (κ1) is 18.5. The van der Waals surface area contributed by atoms with Crippen molar-refractivity contribution in [2.45, 2.75) is 19.9 Å². The van der Waals surface area contributed by atoms with Crippen molar-refractivity contribution in [1.82, 2.24) is 15.2 Å². The van der Waals surface area contributed by atoms with E-state index in [0.717, 1.165) is 25.5 Å². The van der Waals surface area contributed by atoms with Gasteiger partial charge in [0.15, 0.2) is 5.96 Å². The number of hydrogen-bond donors (Lipinski definition) is 2. The van der Waals surface area contributed by atoms with Gasteiger partial charge in [-0.3, -0.25) is 0 Å². The molecular weight excluding hydrogens is 387 g/mol. The lowest BCUT2D eigenvalue weighted by atomic mass is 10.1. The standard InChI is InChI=1S/C17H24N4.HI/c1-3-18-17(20-13-16-10-12-21(2)14-16)19-11-9-15-7-5-4-6-8-15;/h4-8,10,12,14H,3,9,11,13H2,1-2H3,(H2,18,19,20);1H. The molecule has 0 bridgehead atoms. The summed E-state index contributed by atoms with van der Waals surface area (Å²) in [5.74, 6) is 0.872. The van der Waals surface area contributed by atoms with Gasteiger partial charge in [0.1, 0.15) is 0 Å². The van der Waals surface area contributed by atoms with E-state index >= 15 is 0 Å². The molecule has 4 nitrogen and oxygen atoms in total. The predicted molar refractivity (Wildman–Crippen MR) is 104 cm³/mol. The Morgan fingerprint density at radius 2 is 1.86 bits per heavy atom. The minimum Gasteiger partial charge on any atom is -0.357 e. The maximum Gasteiger partial charge on any atom is 0.191 e. The first-order valence-corrected chi connectivity index (χ1v) is 7.45. The normalized spacial score (nSPS) is 10.9.